The average Bonchev–Trinajstić information content (AvgIpc) is 2.62. The van der Waals surface area contributed by atoms with Gasteiger partial charge in [-0.25, -0.2) is 8.42 Å². The standard InChI is InChI=1S/C9H10ClNO4S2/c1-15-9(12)6-4-11(5-6)17(13,14)8-3-2-7(10)16-8/h2-3,6H,4-5H2,1H3. The Hall–Kier alpha value is -0.630. The second-order valence-electron chi connectivity index (χ2n) is 3.60. The van der Waals surface area contributed by atoms with Crippen molar-refractivity contribution in [3.63, 3.8) is 0 Å². The van der Waals surface area contributed by atoms with E-state index in [1.54, 1.807) is 0 Å². The number of thiophene rings is 1. The van der Waals surface area contributed by atoms with Gasteiger partial charge in [0.15, 0.2) is 0 Å². The Bertz CT molecular complexity index is 533. The molecule has 5 nitrogen and oxygen atoms in total. The second kappa shape index (κ2) is 4.56. The molecule has 0 N–H and O–H groups in total. The molecule has 1 aliphatic rings. The van der Waals surface area contributed by atoms with Gasteiger partial charge in [0.25, 0.3) is 10.0 Å². The van der Waals surface area contributed by atoms with Crippen LogP contribution in [0.5, 0.6) is 0 Å². The molecular weight excluding hydrogens is 286 g/mol. The highest BCUT2D eigenvalue weighted by atomic mass is 35.5. The number of esters is 1. The van der Waals surface area contributed by atoms with Crippen molar-refractivity contribution in [1.82, 2.24) is 4.31 Å². The van der Waals surface area contributed by atoms with Gasteiger partial charge in [0.05, 0.1) is 17.4 Å². The van der Waals surface area contributed by atoms with Gasteiger partial charge in [0.2, 0.25) is 0 Å². The summed E-state index contributed by atoms with van der Waals surface area (Å²) in [6, 6.07) is 3.00. The monoisotopic (exact) mass is 295 g/mol. The topological polar surface area (TPSA) is 63.7 Å². The minimum atomic E-state index is -3.50. The van der Waals surface area contributed by atoms with Crippen LogP contribution < -0.4 is 0 Å². The van der Waals surface area contributed by atoms with Gasteiger partial charge in [0, 0.05) is 13.1 Å². The van der Waals surface area contributed by atoms with Gasteiger partial charge in [-0.2, -0.15) is 4.31 Å². The zero-order chi connectivity index (χ0) is 12.6. The van der Waals surface area contributed by atoms with E-state index in [4.69, 9.17) is 11.6 Å². The first-order valence-corrected chi connectivity index (χ1v) is 7.42. The summed E-state index contributed by atoms with van der Waals surface area (Å²) in [5.74, 6) is -0.731. The van der Waals surface area contributed by atoms with E-state index in [1.807, 2.05) is 0 Å². The third kappa shape index (κ3) is 2.33. The molecule has 2 heterocycles. The molecule has 0 unspecified atom stereocenters. The molecule has 1 aliphatic heterocycles. The number of methoxy groups -OCH3 is 1. The van der Waals surface area contributed by atoms with E-state index < -0.39 is 10.0 Å². The summed E-state index contributed by atoms with van der Waals surface area (Å²) in [5, 5.41) is 0. The molecule has 0 spiro atoms. The summed E-state index contributed by atoms with van der Waals surface area (Å²) in [6.07, 6.45) is 0. The van der Waals surface area contributed by atoms with E-state index in [0.29, 0.717) is 4.34 Å². The molecule has 1 aromatic rings. The minimum absolute atomic E-state index is 0.171. The fourth-order valence-electron chi connectivity index (χ4n) is 1.51. The van der Waals surface area contributed by atoms with Crippen LogP contribution in [-0.2, 0) is 19.6 Å². The molecule has 2 rings (SSSR count). The molecule has 0 aliphatic carbocycles. The first-order chi connectivity index (χ1) is 7.95. The molecule has 0 amide bonds. The number of hydrogen-bond donors (Lipinski definition) is 0. The molecule has 1 aromatic heterocycles. The van der Waals surface area contributed by atoms with Gasteiger partial charge in [0.1, 0.15) is 4.21 Å². The van der Waals surface area contributed by atoms with Gasteiger partial charge in [-0.3, -0.25) is 4.79 Å². The van der Waals surface area contributed by atoms with Crippen LogP contribution in [0.4, 0.5) is 0 Å². The van der Waals surface area contributed by atoms with E-state index in [-0.39, 0.29) is 29.2 Å². The smallest absolute Gasteiger partial charge is 0.311 e. The van der Waals surface area contributed by atoms with Gasteiger partial charge < -0.3 is 4.74 Å². The molecule has 1 saturated heterocycles. The summed E-state index contributed by atoms with van der Waals surface area (Å²) < 4.78 is 30.4. The molecule has 0 aromatic carbocycles. The molecule has 17 heavy (non-hydrogen) atoms. The van der Waals surface area contributed by atoms with Crippen LogP contribution >= 0.6 is 22.9 Å². The van der Waals surface area contributed by atoms with Crippen molar-refractivity contribution in [2.24, 2.45) is 5.92 Å². The fourth-order valence-corrected chi connectivity index (χ4v) is 4.68. The molecule has 0 saturated carbocycles. The van der Waals surface area contributed by atoms with Crippen molar-refractivity contribution in [1.29, 1.82) is 0 Å². The zero-order valence-corrected chi connectivity index (χ0v) is 11.3. The average molecular weight is 296 g/mol. The number of ether oxygens (including phenoxy) is 1. The van der Waals surface area contributed by atoms with Gasteiger partial charge >= 0.3 is 5.97 Å². The highest BCUT2D eigenvalue weighted by Crippen LogP contribution is 2.31. The van der Waals surface area contributed by atoms with Crippen LogP contribution in [0.25, 0.3) is 0 Å². The molecular formula is C9H10ClNO4S2. The van der Waals surface area contributed by atoms with Crippen LogP contribution in [0.3, 0.4) is 0 Å². The normalized spacial score (nSPS) is 17.8. The lowest BCUT2D eigenvalue weighted by Crippen LogP contribution is -2.52. The third-order valence-corrected chi connectivity index (χ3v) is 6.06. The maximum atomic E-state index is 12.0. The summed E-state index contributed by atoms with van der Waals surface area (Å²) in [6.45, 7) is 0.342. The van der Waals surface area contributed by atoms with Crippen molar-refractivity contribution in [3.8, 4) is 0 Å². The number of sulfonamides is 1. The highest BCUT2D eigenvalue weighted by molar-refractivity contribution is 7.91. The Labute approximate surface area is 108 Å². The number of halogens is 1. The maximum Gasteiger partial charge on any atom is 0.311 e. The van der Waals surface area contributed by atoms with Gasteiger partial charge in [-0.05, 0) is 12.1 Å². The third-order valence-electron chi connectivity index (χ3n) is 2.53. The number of hydrogen-bond acceptors (Lipinski definition) is 5. The number of nitrogens with zero attached hydrogens (tertiary/aromatic N) is 1. The molecule has 0 atom stereocenters. The number of rotatable bonds is 3. The Balaban J connectivity index is 2.08. The molecule has 8 heteroatoms. The van der Waals surface area contributed by atoms with E-state index in [0.717, 1.165) is 11.3 Å². The maximum absolute atomic E-state index is 12.0. The van der Waals surface area contributed by atoms with Crippen molar-refractivity contribution in [2.75, 3.05) is 20.2 Å². The van der Waals surface area contributed by atoms with E-state index >= 15 is 0 Å². The summed E-state index contributed by atoms with van der Waals surface area (Å²) in [5.41, 5.74) is 0. The largest absolute Gasteiger partial charge is 0.469 e. The van der Waals surface area contributed by atoms with Gasteiger partial charge in [-0.15, -0.1) is 11.3 Å². The minimum Gasteiger partial charge on any atom is -0.469 e. The lowest BCUT2D eigenvalue weighted by atomic mass is 10.0. The van der Waals surface area contributed by atoms with Crippen molar-refractivity contribution in [3.05, 3.63) is 16.5 Å². The van der Waals surface area contributed by atoms with Gasteiger partial charge in [-0.1, -0.05) is 11.6 Å². The van der Waals surface area contributed by atoms with E-state index in [9.17, 15) is 13.2 Å². The van der Waals surface area contributed by atoms with Crippen LogP contribution in [0, 0.1) is 5.92 Å². The predicted molar refractivity (Wildman–Crippen MR) is 63.6 cm³/mol. The first-order valence-electron chi connectivity index (χ1n) is 4.78. The molecule has 0 bridgehead atoms. The number of carbonyl (C=O) groups is 1. The van der Waals surface area contributed by atoms with Crippen molar-refractivity contribution >= 4 is 38.9 Å². The van der Waals surface area contributed by atoms with E-state index in [1.165, 1.54) is 23.5 Å². The summed E-state index contributed by atoms with van der Waals surface area (Å²) in [7, 11) is -2.21. The SMILES string of the molecule is COC(=O)C1CN(S(=O)(=O)c2ccc(Cl)s2)C1. The lowest BCUT2D eigenvalue weighted by molar-refractivity contribution is -0.149. The second-order valence-corrected chi connectivity index (χ2v) is 7.48. The van der Waals surface area contributed by atoms with Crippen LogP contribution in [0.15, 0.2) is 16.3 Å². The summed E-state index contributed by atoms with van der Waals surface area (Å²) >= 11 is 6.70. The summed E-state index contributed by atoms with van der Waals surface area (Å²) in [4.78, 5) is 11.1. The highest BCUT2D eigenvalue weighted by Gasteiger charge is 2.41. The predicted octanol–water partition coefficient (Wildman–Crippen LogP) is 1.19. The molecule has 1 fully saturated rings. The quantitative estimate of drug-likeness (QED) is 0.786. The van der Waals surface area contributed by atoms with Crippen molar-refractivity contribution in [2.45, 2.75) is 4.21 Å². The fraction of sp³-hybridized carbons (Fsp3) is 0.444. The lowest BCUT2D eigenvalue weighted by Gasteiger charge is -2.35. The number of carbonyl (C=O) groups excluding carboxylic acids is 1. The Morgan fingerprint density at radius 2 is 2.18 bits per heavy atom. The molecule has 0 radical (unpaired) electrons. The first kappa shape index (κ1) is 12.8. The van der Waals surface area contributed by atoms with Crippen molar-refractivity contribution < 1.29 is 17.9 Å². The van der Waals surface area contributed by atoms with Crippen LogP contribution in [-0.4, -0.2) is 38.9 Å². The molecule has 94 valence electrons. The van der Waals surface area contributed by atoms with Crippen LogP contribution in [0.2, 0.25) is 4.34 Å². The van der Waals surface area contributed by atoms with E-state index in [2.05, 4.69) is 4.74 Å². The zero-order valence-electron chi connectivity index (χ0n) is 8.92. The Morgan fingerprint density at radius 1 is 1.53 bits per heavy atom. The van der Waals surface area contributed by atoms with Crippen LogP contribution in [0.1, 0.15) is 0 Å². The Kier molecular flexibility index (Phi) is 3.44. The Morgan fingerprint density at radius 3 is 2.65 bits per heavy atom.